The summed E-state index contributed by atoms with van der Waals surface area (Å²) in [5, 5.41) is 0. The van der Waals surface area contributed by atoms with Gasteiger partial charge in [-0.15, -0.1) is 0 Å². The van der Waals surface area contributed by atoms with Crippen LogP contribution in [0.2, 0.25) is 0 Å². The minimum atomic E-state index is -4.28. The van der Waals surface area contributed by atoms with Gasteiger partial charge in [-0.1, -0.05) is 47.8 Å². The van der Waals surface area contributed by atoms with Crippen LogP contribution >= 0.6 is 31.9 Å². The minimum absolute atomic E-state index is 0.626. The summed E-state index contributed by atoms with van der Waals surface area (Å²) >= 11 is 6.91. The number of unbranched alkanes of at least 4 members (excludes halogenated alkanes) is 2. The van der Waals surface area contributed by atoms with Crippen LogP contribution in [-0.4, -0.2) is 0 Å². The number of hydrogen-bond acceptors (Lipinski definition) is 0. The Morgan fingerprint density at radius 3 is 2.11 bits per heavy atom. The summed E-state index contributed by atoms with van der Waals surface area (Å²) in [4.78, 5) is 0. The van der Waals surface area contributed by atoms with Crippen LogP contribution < -0.4 is 0 Å². The first kappa shape index (κ1) is 16.8. The quantitative estimate of drug-likeness (QED) is 0.480. The van der Waals surface area contributed by atoms with Gasteiger partial charge in [0.15, 0.2) is 0 Å². The summed E-state index contributed by atoms with van der Waals surface area (Å²) in [7, 11) is 0. The molecule has 0 saturated heterocycles. The molecule has 0 aliphatic heterocycles. The Morgan fingerprint density at radius 1 is 1.05 bits per heavy atom. The summed E-state index contributed by atoms with van der Waals surface area (Å²) in [6.45, 7) is 2.13. The highest BCUT2D eigenvalue weighted by Gasteiger charge is 2.30. The Hall–Kier alpha value is -0.290. The highest BCUT2D eigenvalue weighted by molar-refractivity contribution is 9.16. The Morgan fingerprint density at radius 2 is 1.63 bits per heavy atom. The third-order valence-corrected chi connectivity index (χ3v) is 4.97. The topological polar surface area (TPSA) is 0 Å². The lowest BCUT2D eigenvalue weighted by Gasteiger charge is -2.09. The predicted molar refractivity (Wildman–Crippen MR) is 80.4 cm³/mol. The number of hydrogen-bond donors (Lipinski definition) is 0. The Balaban J connectivity index is 2.82. The van der Waals surface area contributed by atoms with Gasteiger partial charge in [0.1, 0.15) is 0 Å². The molecule has 0 amide bonds. The van der Waals surface area contributed by atoms with Crippen LogP contribution in [0.3, 0.4) is 0 Å². The summed E-state index contributed by atoms with van der Waals surface area (Å²) < 4.78 is 39.2. The van der Waals surface area contributed by atoms with E-state index in [1.807, 2.05) is 0 Å². The minimum Gasteiger partial charge on any atom is -0.166 e. The molecule has 0 nitrogen and oxygen atoms in total. The predicted octanol–water partition coefficient (Wildman–Crippen LogP) is 6.74. The van der Waals surface area contributed by atoms with Crippen molar-refractivity contribution in [3.05, 3.63) is 39.9 Å². The zero-order valence-electron chi connectivity index (χ0n) is 10.5. The van der Waals surface area contributed by atoms with Crippen LogP contribution in [0.25, 0.3) is 4.48 Å². The summed E-state index contributed by atoms with van der Waals surface area (Å²) in [5.41, 5.74) is 0.120. The first-order valence-electron chi connectivity index (χ1n) is 6.08. The maximum atomic E-state index is 12.5. The first-order chi connectivity index (χ1) is 8.86. The van der Waals surface area contributed by atoms with Gasteiger partial charge in [-0.2, -0.15) is 13.2 Å². The fourth-order valence-corrected chi connectivity index (χ4v) is 2.57. The van der Waals surface area contributed by atoms with Gasteiger partial charge >= 0.3 is 6.18 Å². The largest absolute Gasteiger partial charge is 0.416 e. The van der Waals surface area contributed by atoms with Gasteiger partial charge in [0.05, 0.1) is 5.56 Å². The maximum Gasteiger partial charge on any atom is 0.416 e. The molecular weight excluding hydrogens is 385 g/mol. The average molecular weight is 400 g/mol. The van der Waals surface area contributed by atoms with Crippen molar-refractivity contribution in [2.45, 2.75) is 38.8 Å². The second-order valence-electron chi connectivity index (χ2n) is 4.25. The summed E-state index contributed by atoms with van der Waals surface area (Å²) in [5.74, 6) is 0. The van der Waals surface area contributed by atoms with Crippen molar-refractivity contribution < 1.29 is 13.2 Å². The van der Waals surface area contributed by atoms with Crippen LogP contribution in [0, 0.1) is 0 Å². The highest BCUT2D eigenvalue weighted by Crippen LogP contribution is 2.34. The van der Waals surface area contributed by atoms with E-state index in [-0.39, 0.29) is 0 Å². The number of rotatable bonds is 5. The van der Waals surface area contributed by atoms with E-state index in [0.717, 1.165) is 52.3 Å². The molecule has 19 heavy (non-hydrogen) atoms. The van der Waals surface area contributed by atoms with E-state index < -0.39 is 11.7 Å². The van der Waals surface area contributed by atoms with Crippen molar-refractivity contribution in [3.63, 3.8) is 0 Å². The molecule has 0 fully saturated rings. The smallest absolute Gasteiger partial charge is 0.166 e. The molecule has 0 atom stereocenters. The Bertz CT molecular complexity index is 433. The molecule has 0 spiro atoms. The van der Waals surface area contributed by atoms with E-state index in [9.17, 15) is 13.2 Å². The Kier molecular flexibility index (Phi) is 6.60. The molecule has 0 N–H and O–H groups in total. The van der Waals surface area contributed by atoms with Crippen LogP contribution in [0.4, 0.5) is 13.2 Å². The lowest BCUT2D eigenvalue weighted by Crippen LogP contribution is -2.04. The van der Waals surface area contributed by atoms with Crippen molar-refractivity contribution in [2.24, 2.45) is 0 Å². The average Bonchev–Trinajstić information content (AvgIpc) is 2.37. The van der Waals surface area contributed by atoms with E-state index in [1.165, 1.54) is 12.1 Å². The molecule has 0 radical (unpaired) electrons. The lowest BCUT2D eigenvalue weighted by atomic mass is 10.1. The molecule has 0 heterocycles. The third kappa shape index (κ3) is 5.30. The van der Waals surface area contributed by atoms with Crippen molar-refractivity contribution in [1.82, 2.24) is 0 Å². The van der Waals surface area contributed by atoms with Crippen LogP contribution in [0.5, 0.6) is 0 Å². The Labute approximate surface area is 128 Å². The number of allylic oxidation sites excluding steroid dienone is 1. The van der Waals surface area contributed by atoms with Crippen molar-refractivity contribution in [3.8, 4) is 0 Å². The second-order valence-corrected chi connectivity index (χ2v) is 6.00. The molecule has 0 aliphatic carbocycles. The summed E-state index contributed by atoms with van der Waals surface area (Å²) in [6.07, 6.45) is -0.0596. The maximum absolute atomic E-state index is 12.5. The van der Waals surface area contributed by atoms with Gasteiger partial charge in [0, 0.05) is 8.96 Å². The molecule has 1 rings (SSSR count). The standard InChI is InChI=1S/C14H15Br2F3/c1-2-3-4-5-12(15)13(16)10-6-8-11(9-7-10)14(17,18)19/h6-9H,2-5H2,1H3/b13-12+. The van der Waals surface area contributed by atoms with Gasteiger partial charge in [-0.3, -0.25) is 0 Å². The molecule has 0 unspecified atom stereocenters. The van der Waals surface area contributed by atoms with Gasteiger partial charge in [-0.05, 0) is 46.5 Å². The van der Waals surface area contributed by atoms with Crippen LogP contribution in [0.15, 0.2) is 28.7 Å². The third-order valence-electron chi connectivity index (χ3n) is 2.70. The van der Waals surface area contributed by atoms with E-state index in [2.05, 4.69) is 38.8 Å². The molecule has 1 aromatic carbocycles. The monoisotopic (exact) mass is 398 g/mol. The molecule has 0 aromatic heterocycles. The molecular formula is C14H15Br2F3. The van der Waals surface area contributed by atoms with Gasteiger partial charge in [0.25, 0.3) is 0 Å². The molecule has 0 bridgehead atoms. The fraction of sp³-hybridized carbons (Fsp3) is 0.429. The number of benzene rings is 1. The fourth-order valence-electron chi connectivity index (χ4n) is 1.60. The molecule has 0 saturated carbocycles. The first-order valence-corrected chi connectivity index (χ1v) is 7.66. The number of alkyl halides is 3. The summed E-state index contributed by atoms with van der Waals surface area (Å²) in [6, 6.07) is 5.16. The van der Waals surface area contributed by atoms with Crippen molar-refractivity contribution in [1.29, 1.82) is 0 Å². The zero-order valence-corrected chi connectivity index (χ0v) is 13.7. The SMILES string of the molecule is CCCCC/C(Br)=C(\Br)c1ccc(C(F)(F)F)cc1. The van der Waals surface area contributed by atoms with Gasteiger partial charge < -0.3 is 0 Å². The van der Waals surface area contributed by atoms with Crippen molar-refractivity contribution >= 4 is 36.3 Å². The van der Waals surface area contributed by atoms with Crippen LogP contribution in [-0.2, 0) is 6.18 Å². The molecule has 0 aliphatic rings. The van der Waals surface area contributed by atoms with E-state index in [4.69, 9.17) is 0 Å². The van der Waals surface area contributed by atoms with Gasteiger partial charge in [-0.25, -0.2) is 0 Å². The van der Waals surface area contributed by atoms with Crippen molar-refractivity contribution in [2.75, 3.05) is 0 Å². The van der Waals surface area contributed by atoms with Crippen LogP contribution in [0.1, 0.15) is 43.7 Å². The van der Waals surface area contributed by atoms with E-state index in [0.29, 0.717) is 0 Å². The zero-order chi connectivity index (χ0) is 14.5. The molecule has 1 aromatic rings. The van der Waals surface area contributed by atoms with E-state index >= 15 is 0 Å². The van der Waals surface area contributed by atoms with E-state index in [1.54, 1.807) is 0 Å². The number of halogens is 5. The normalized spacial score (nSPS) is 13.4. The highest BCUT2D eigenvalue weighted by atomic mass is 79.9. The molecule has 106 valence electrons. The second kappa shape index (κ2) is 7.48. The lowest BCUT2D eigenvalue weighted by molar-refractivity contribution is -0.137. The molecule has 5 heteroatoms. The van der Waals surface area contributed by atoms with Gasteiger partial charge in [0.2, 0.25) is 0 Å².